The van der Waals surface area contributed by atoms with E-state index in [0.717, 1.165) is 24.0 Å². The summed E-state index contributed by atoms with van der Waals surface area (Å²) in [6.07, 6.45) is 5.81. The molecule has 2 aromatic rings. The Kier molecular flexibility index (Phi) is 3.83. The van der Waals surface area contributed by atoms with E-state index in [9.17, 15) is 5.11 Å². The predicted octanol–water partition coefficient (Wildman–Crippen LogP) is 3.64. The molecule has 0 amide bonds. The van der Waals surface area contributed by atoms with Crippen LogP contribution >= 0.6 is 11.6 Å². The first-order chi connectivity index (χ1) is 10.4. The number of rotatable bonds is 3. The van der Waals surface area contributed by atoms with Crippen LogP contribution in [0.5, 0.6) is 0 Å². The molecule has 4 nitrogen and oxygen atoms in total. The van der Waals surface area contributed by atoms with Crippen LogP contribution in [0.3, 0.4) is 0 Å². The molecule has 0 bridgehead atoms. The van der Waals surface area contributed by atoms with Crippen LogP contribution in [0.4, 0.5) is 0 Å². The van der Waals surface area contributed by atoms with Crippen molar-refractivity contribution in [2.45, 2.75) is 38.7 Å². The zero-order valence-electron chi connectivity index (χ0n) is 12.8. The standard InChI is InChI=1S/C17H20ClN3O/c1-16(2)8-7-13(9-12-3-5-14(18)6-4-12)17(16,22)10-15-19-11-20-21-15/h3-6,9,11,22H,7-8,10H2,1-2H3,(H,19,20,21)/b13-9-. The van der Waals surface area contributed by atoms with E-state index < -0.39 is 5.60 Å². The first-order valence-corrected chi connectivity index (χ1v) is 7.82. The molecule has 1 aliphatic carbocycles. The molecule has 0 saturated heterocycles. The zero-order valence-corrected chi connectivity index (χ0v) is 13.6. The fourth-order valence-corrected chi connectivity index (χ4v) is 3.28. The number of hydrogen-bond donors (Lipinski definition) is 2. The summed E-state index contributed by atoms with van der Waals surface area (Å²) in [7, 11) is 0. The van der Waals surface area contributed by atoms with Crippen molar-refractivity contribution in [2.75, 3.05) is 0 Å². The Balaban J connectivity index is 1.97. The highest BCUT2D eigenvalue weighted by atomic mass is 35.5. The lowest BCUT2D eigenvalue weighted by atomic mass is 9.74. The summed E-state index contributed by atoms with van der Waals surface area (Å²) in [5.74, 6) is 0.708. The molecule has 1 aromatic heterocycles. The molecule has 1 fully saturated rings. The van der Waals surface area contributed by atoms with E-state index in [0.29, 0.717) is 17.3 Å². The third-order valence-corrected chi connectivity index (χ3v) is 5.02. The van der Waals surface area contributed by atoms with Crippen molar-refractivity contribution in [3.63, 3.8) is 0 Å². The Morgan fingerprint density at radius 3 is 2.68 bits per heavy atom. The van der Waals surface area contributed by atoms with Gasteiger partial charge >= 0.3 is 0 Å². The van der Waals surface area contributed by atoms with E-state index in [1.165, 1.54) is 6.33 Å². The lowest BCUT2D eigenvalue weighted by molar-refractivity contribution is -0.0140. The molecule has 0 spiro atoms. The van der Waals surface area contributed by atoms with Gasteiger partial charge in [-0.15, -0.1) is 0 Å². The van der Waals surface area contributed by atoms with Crippen LogP contribution in [-0.4, -0.2) is 25.9 Å². The van der Waals surface area contributed by atoms with Gasteiger partial charge in [0.25, 0.3) is 0 Å². The maximum atomic E-state index is 11.4. The molecule has 1 aromatic carbocycles. The lowest BCUT2D eigenvalue weighted by Gasteiger charge is -2.37. The summed E-state index contributed by atoms with van der Waals surface area (Å²) in [6.45, 7) is 4.21. The topological polar surface area (TPSA) is 61.8 Å². The minimum atomic E-state index is -0.924. The van der Waals surface area contributed by atoms with Gasteiger partial charge in [-0.1, -0.05) is 43.7 Å². The largest absolute Gasteiger partial charge is 0.384 e. The molecule has 3 rings (SSSR count). The van der Waals surface area contributed by atoms with Crippen molar-refractivity contribution in [2.24, 2.45) is 5.41 Å². The Labute approximate surface area is 135 Å². The molecule has 0 radical (unpaired) electrons. The highest BCUT2D eigenvalue weighted by Gasteiger charge is 2.51. The summed E-state index contributed by atoms with van der Waals surface area (Å²) < 4.78 is 0. The van der Waals surface area contributed by atoms with Gasteiger partial charge < -0.3 is 5.11 Å². The van der Waals surface area contributed by atoms with Crippen LogP contribution in [-0.2, 0) is 6.42 Å². The maximum Gasteiger partial charge on any atom is 0.137 e. The van der Waals surface area contributed by atoms with Crippen LogP contribution < -0.4 is 0 Å². The van der Waals surface area contributed by atoms with Gasteiger partial charge in [0.05, 0.1) is 5.60 Å². The number of benzene rings is 1. The van der Waals surface area contributed by atoms with E-state index in [2.05, 4.69) is 35.1 Å². The van der Waals surface area contributed by atoms with E-state index in [1.807, 2.05) is 24.3 Å². The van der Waals surface area contributed by atoms with Gasteiger partial charge in [-0.05, 0) is 41.5 Å². The number of H-pyrrole nitrogens is 1. The van der Waals surface area contributed by atoms with Gasteiger partial charge in [0.15, 0.2) is 0 Å². The molecule has 1 atom stereocenters. The number of nitrogens with one attached hydrogen (secondary N) is 1. The van der Waals surface area contributed by atoms with Crippen molar-refractivity contribution < 1.29 is 5.11 Å². The molecule has 22 heavy (non-hydrogen) atoms. The molecule has 1 saturated carbocycles. The van der Waals surface area contributed by atoms with E-state index in [-0.39, 0.29) is 5.41 Å². The summed E-state index contributed by atoms with van der Waals surface area (Å²) in [5, 5.41) is 18.8. The second-order valence-electron chi connectivity index (χ2n) is 6.57. The normalized spacial score (nSPS) is 25.7. The Bertz CT molecular complexity index is 676. The summed E-state index contributed by atoms with van der Waals surface area (Å²) >= 11 is 5.94. The molecule has 0 aliphatic heterocycles. The molecular formula is C17H20ClN3O. The molecule has 1 aliphatic rings. The monoisotopic (exact) mass is 317 g/mol. The van der Waals surface area contributed by atoms with E-state index in [1.54, 1.807) is 0 Å². The fraction of sp³-hybridized carbons (Fsp3) is 0.412. The maximum absolute atomic E-state index is 11.4. The summed E-state index contributed by atoms with van der Waals surface area (Å²) in [6, 6.07) is 7.66. The molecule has 1 heterocycles. The number of halogens is 1. The van der Waals surface area contributed by atoms with Crippen LogP contribution in [0, 0.1) is 5.41 Å². The first kappa shape index (κ1) is 15.3. The predicted molar refractivity (Wildman–Crippen MR) is 87.5 cm³/mol. The average Bonchev–Trinajstić information content (AvgIpc) is 3.04. The van der Waals surface area contributed by atoms with Gasteiger partial charge in [0.2, 0.25) is 0 Å². The second kappa shape index (κ2) is 5.52. The van der Waals surface area contributed by atoms with Gasteiger partial charge in [-0.2, -0.15) is 5.10 Å². The number of aromatic nitrogens is 3. The fourth-order valence-electron chi connectivity index (χ4n) is 3.16. The third-order valence-electron chi connectivity index (χ3n) is 4.77. The Morgan fingerprint density at radius 2 is 2.05 bits per heavy atom. The molecule has 1 unspecified atom stereocenters. The van der Waals surface area contributed by atoms with E-state index in [4.69, 9.17) is 11.6 Å². The minimum absolute atomic E-state index is 0.210. The number of aliphatic hydroxyl groups is 1. The molecular weight excluding hydrogens is 298 g/mol. The van der Waals surface area contributed by atoms with Gasteiger partial charge in [-0.3, -0.25) is 5.10 Å². The van der Waals surface area contributed by atoms with Gasteiger partial charge in [0, 0.05) is 11.4 Å². The van der Waals surface area contributed by atoms with Crippen molar-refractivity contribution >= 4 is 17.7 Å². The van der Waals surface area contributed by atoms with Crippen molar-refractivity contribution in [1.29, 1.82) is 0 Å². The SMILES string of the molecule is CC1(C)CC/C(=C/c2ccc(Cl)cc2)C1(O)Cc1ncn[nH]1. The Hall–Kier alpha value is -1.65. The second-order valence-corrected chi connectivity index (χ2v) is 7.01. The highest BCUT2D eigenvalue weighted by molar-refractivity contribution is 6.30. The van der Waals surface area contributed by atoms with Gasteiger partial charge in [-0.25, -0.2) is 4.98 Å². The van der Waals surface area contributed by atoms with Gasteiger partial charge in [0.1, 0.15) is 12.2 Å². The van der Waals surface area contributed by atoms with E-state index >= 15 is 0 Å². The summed E-state index contributed by atoms with van der Waals surface area (Å²) in [5.41, 5.74) is 0.953. The van der Waals surface area contributed by atoms with Crippen molar-refractivity contribution in [1.82, 2.24) is 15.2 Å². The quantitative estimate of drug-likeness (QED) is 0.908. The van der Waals surface area contributed by atoms with Crippen LogP contribution in [0.1, 0.15) is 38.1 Å². The number of aromatic amines is 1. The smallest absolute Gasteiger partial charge is 0.137 e. The third kappa shape index (κ3) is 2.69. The van der Waals surface area contributed by atoms with Crippen molar-refractivity contribution in [3.8, 4) is 0 Å². The summed E-state index contributed by atoms with van der Waals surface area (Å²) in [4.78, 5) is 4.17. The number of hydrogen-bond acceptors (Lipinski definition) is 3. The average molecular weight is 318 g/mol. The number of nitrogens with zero attached hydrogens (tertiary/aromatic N) is 2. The molecule has 116 valence electrons. The molecule has 5 heteroatoms. The highest BCUT2D eigenvalue weighted by Crippen LogP contribution is 2.51. The Morgan fingerprint density at radius 1 is 1.32 bits per heavy atom. The first-order valence-electron chi connectivity index (χ1n) is 7.44. The van der Waals surface area contributed by atoms with Crippen LogP contribution in [0.25, 0.3) is 6.08 Å². The minimum Gasteiger partial charge on any atom is -0.384 e. The lowest BCUT2D eigenvalue weighted by Crippen LogP contribution is -2.43. The van der Waals surface area contributed by atoms with Crippen molar-refractivity contribution in [3.05, 3.63) is 52.6 Å². The van der Waals surface area contributed by atoms with Crippen LogP contribution in [0.2, 0.25) is 5.02 Å². The molecule has 2 N–H and O–H groups in total. The van der Waals surface area contributed by atoms with Crippen LogP contribution in [0.15, 0.2) is 36.2 Å². The zero-order chi connectivity index (χ0) is 15.8.